The van der Waals surface area contributed by atoms with E-state index in [4.69, 9.17) is 16.3 Å². The molecule has 4 nitrogen and oxygen atoms in total. The summed E-state index contributed by atoms with van der Waals surface area (Å²) in [5.41, 5.74) is 1.19. The minimum Gasteiger partial charge on any atom is -0.492 e. The summed E-state index contributed by atoms with van der Waals surface area (Å²) in [6, 6.07) is 9.73. The summed E-state index contributed by atoms with van der Waals surface area (Å²) in [4.78, 5) is 8.61. The van der Waals surface area contributed by atoms with Crippen LogP contribution in [0.4, 0.5) is 5.82 Å². The van der Waals surface area contributed by atoms with Gasteiger partial charge in [-0.05, 0) is 31.0 Å². The Balaban J connectivity index is 1.83. The molecule has 2 rings (SSSR count). The van der Waals surface area contributed by atoms with Gasteiger partial charge in [-0.2, -0.15) is 0 Å². The topological polar surface area (TPSA) is 47.0 Å². The predicted molar refractivity (Wildman–Crippen MR) is 86.2 cm³/mol. The third kappa shape index (κ3) is 5.23. The number of aryl methyl sites for hydroxylation is 2. The van der Waals surface area contributed by atoms with Gasteiger partial charge in [-0.1, -0.05) is 30.7 Å². The van der Waals surface area contributed by atoms with Crippen molar-refractivity contribution in [1.82, 2.24) is 9.97 Å². The first-order valence-electron chi connectivity index (χ1n) is 7.14. The highest BCUT2D eigenvalue weighted by Gasteiger charge is 2.02. The second-order valence-electron chi connectivity index (χ2n) is 4.83. The Hall–Kier alpha value is -1.81. The third-order valence-electron chi connectivity index (χ3n) is 2.88. The molecule has 0 atom stereocenters. The largest absolute Gasteiger partial charge is 0.492 e. The second kappa shape index (κ2) is 7.84. The summed E-state index contributed by atoms with van der Waals surface area (Å²) < 4.78 is 5.68. The zero-order valence-electron chi connectivity index (χ0n) is 12.4. The Labute approximate surface area is 130 Å². The lowest BCUT2D eigenvalue weighted by molar-refractivity contribution is 0.332. The van der Waals surface area contributed by atoms with E-state index in [0.717, 1.165) is 30.2 Å². The number of nitrogens with zero attached hydrogens (tertiary/aromatic N) is 2. The van der Waals surface area contributed by atoms with Gasteiger partial charge in [0.05, 0.1) is 6.54 Å². The van der Waals surface area contributed by atoms with Crippen LogP contribution >= 0.6 is 11.6 Å². The number of halogens is 1. The first kappa shape index (κ1) is 15.6. The van der Waals surface area contributed by atoms with E-state index >= 15 is 0 Å². The average molecular weight is 306 g/mol. The van der Waals surface area contributed by atoms with Gasteiger partial charge in [0.15, 0.2) is 0 Å². The van der Waals surface area contributed by atoms with E-state index in [-0.39, 0.29) is 0 Å². The number of aromatic nitrogens is 2. The fourth-order valence-corrected chi connectivity index (χ4v) is 2.14. The number of rotatable bonds is 7. The summed E-state index contributed by atoms with van der Waals surface area (Å²) in [6.07, 6.45) is 1.82. The van der Waals surface area contributed by atoms with Crippen LogP contribution in [0.1, 0.15) is 24.7 Å². The molecule has 21 heavy (non-hydrogen) atoms. The fourth-order valence-electron chi connectivity index (χ4n) is 1.94. The number of benzene rings is 1. The first-order chi connectivity index (χ1) is 10.2. The van der Waals surface area contributed by atoms with Gasteiger partial charge in [0.1, 0.15) is 29.2 Å². The van der Waals surface area contributed by atoms with E-state index in [1.807, 2.05) is 31.2 Å². The average Bonchev–Trinajstić information content (AvgIpc) is 2.43. The van der Waals surface area contributed by atoms with Crippen molar-refractivity contribution in [2.45, 2.75) is 26.7 Å². The molecule has 0 spiro atoms. The highest BCUT2D eigenvalue weighted by molar-refractivity contribution is 6.29. The number of ether oxygens (including phenoxy) is 1. The molecule has 1 aromatic heterocycles. The molecule has 0 unspecified atom stereocenters. The van der Waals surface area contributed by atoms with E-state index in [0.29, 0.717) is 18.3 Å². The Morgan fingerprint density at radius 2 is 2.10 bits per heavy atom. The van der Waals surface area contributed by atoms with Crippen molar-refractivity contribution in [1.29, 1.82) is 0 Å². The Kier molecular flexibility index (Phi) is 5.81. The van der Waals surface area contributed by atoms with Crippen LogP contribution in [0.25, 0.3) is 0 Å². The highest BCUT2D eigenvalue weighted by Crippen LogP contribution is 2.14. The minimum absolute atomic E-state index is 0.468. The maximum atomic E-state index is 5.99. The molecule has 0 saturated heterocycles. The van der Waals surface area contributed by atoms with Gasteiger partial charge < -0.3 is 10.1 Å². The van der Waals surface area contributed by atoms with Crippen LogP contribution in [-0.2, 0) is 6.42 Å². The van der Waals surface area contributed by atoms with Crippen molar-refractivity contribution < 1.29 is 4.74 Å². The van der Waals surface area contributed by atoms with Crippen LogP contribution in [0, 0.1) is 6.92 Å². The minimum atomic E-state index is 0.468. The van der Waals surface area contributed by atoms with E-state index in [9.17, 15) is 0 Å². The standard InChI is InChI=1S/C16H20ClN3O/c1-3-5-15-19-14(17)11-16(20-15)18-8-9-21-13-7-4-6-12(2)10-13/h4,6-7,10-11H,3,5,8-9H2,1-2H3,(H,18,19,20). The molecule has 1 heterocycles. The summed E-state index contributed by atoms with van der Waals surface area (Å²) in [7, 11) is 0. The van der Waals surface area contributed by atoms with Crippen molar-refractivity contribution in [2.24, 2.45) is 0 Å². The fraction of sp³-hybridized carbons (Fsp3) is 0.375. The number of hydrogen-bond donors (Lipinski definition) is 1. The van der Waals surface area contributed by atoms with Crippen LogP contribution in [0.15, 0.2) is 30.3 Å². The normalized spacial score (nSPS) is 10.4. The number of nitrogens with one attached hydrogen (secondary N) is 1. The Morgan fingerprint density at radius 3 is 2.86 bits per heavy atom. The van der Waals surface area contributed by atoms with Crippen molar-refractivity contribution in [2.75, 3.05) is 18.5 Å². The van der Waals surface area contributed by atoms with E-state index in [2.05, 4.69) is 22.2 Å². The van der Waals surface area contributed by atoms with Crippen LogP contribution in [0.2, 0.25) is 5.15 Å². The lowest BCUT2D eigenvalue weighted by Gasteiger charge is -2.09. The van der Waals surface area contributed by atoms with Crippen LogP contribution in [0.3, 0.4) is 0 Å². The van der Waals surface area contributed by atoms with Gasteiger partial charge in [0, 0.05) is 12.5 Å². The molecule has 0 bridgehead atoms. The SMILES string of the molecule is CCCc1nc(Cl)cc(NCCOc2cccc(C)c2)n1. The zero-order valence-corrected chi connectivity index (χ0v) is 13.2. The summed E-state index contributed by atoms with van der Waals surface area (Å²) in [6.45, 7) is 5.36. The molecule has 0 aliphatic carbocycles. The molecular formula is C16H20ClN3O. The number of anilines is 1. The zero-order chi connectivity index (χ0) is 15.1. The Morgan fingerprint density at radius 1 is 1.24 bits per heavy atom. The number of hydrogen-bond acceptors (Lipinski definition) is 4. The van der Waals surface area contributed by atoms with Gasteiger partial charge in [-0.15, -0.1) is 0 Å². The first-order valence-corrected chi connectivity index (χ1v) is 7.52. The van der Waals surface area contributed by atoms with Crippen molar-refractivity contribution in [3.63, 3.8) is 0 Å². The lowest BCUT2D eigenvalue weighted by atomic mass is 10.2. The molecule has 0 saturated carbocycles. The second-order valence-corrected chi connectivity index (χ2v) is 5.22. The van der Waals surface area contributed by atoms with Gasteiger partial charge in [-0.3, -0.25) is 0 Å². The van der Waals surface area contributed by atoms with Crippen molar-refractivity contribution >= 4 is 17.4 Å². The van der Waals surface area contributed by atoms with Gasteiger partial charge in [0.25, 0.3) is 0 Å². The monoisotopic (exact) mass is 305 g/mol. The lowest BCUT2D eigenvalue weighted by Crippen LogP contribution is -2.13. The quantitative estimate of drug-likeness (QED) is 0.623. The molecule has 112 valence electrons. The Bertz CT molecular complexity index is 589. The van der Waals surface area contributed by atoms with Crippen molar-refractivity contribution in [3.8, 4) is 5.75 Å². The molecule has 0 fully saturated rings. The van der Waals surface area contributed by atoms with E-state index < -0.39 is 0 Å². The molecule has 2 aromatic rings. The van der Waals surface area contributed by atoms with Crippen molar-refractivity contribution in [3.05, 3.63) is 46.9 Å². The summed E-state index contributed by atoms with van der Waals surface area (Å²) in [5, 5.41) is 3.68. The predicted octanol–water partition coefficient (Wildman–Crippen LogP) is 3.88. The summed E-state index contributed by atoms with van der Waals surface area (Å²) in [5.74, 6) is 2.39. The van der Waals surface area contributed by atoms with E-state index in [1.165, 1.54) is 5.56 Å². The molecule has 0 aliphatic rings. The molecule has 0 amide bonds. The van der Waals surface area contributed by atoms with Crippen LogP contribution < -0.4 is 10.1 Å². The van der Waals surface area contributed by atoms with Gasteiger partial charge in [0.2, 0.25) is 0 Å². The van der Waals surface area contributed by atoms with Crippen LogP contribution in [0.5, 0.6) is 5.75 Å². The highest BCUT2D eigenvalue weighted by atomic mass is 35.5. The molecule has 5 heteroatoms. The van der Waals surface area contributed by atoms with E-state index in [1.54, 1.807) is 6.07 Å². The maximum Gasteiger partial charge on any atom is 0.134 e. The smallest absolute Gasteiger partial charge is 0.134 e. The molecule has 1 N–H and O–H groups in total. The molecule has 0 radical (unpaired) electrons. The molecule has 0 aliphatic heterocycles. The summed E-state index contributed by atoms with van der Waals surface area (Å²) >= 11 is 5.99. The molecule has 1 aromatic carbocycles. The molecular weight excluding hydrogens is 286 g/mol. The van der Waals surface area contributed by atoms with Gasteiger partial charge in [-0.25, -0.2) is 9.97 Å². The third-order valence-corrected chi connectivity index (χ3v) is 3.07. The van der Waals surface area contributed by atoms with Crippen LogP contribution in [-0.4, -0.2) is 23.1 Å². The van der Waals surface area contributed by atoms with Gasteiger partial charge >= 0.3 is 0 Å². The maximum absolute atomic E-state index is 5.99.